The first-order chi connectivity index (χ1) is 19.7. The predicted molar refractivity (Wildman–Crippen MR) is 177 cm³/mol. The Morgan fingerprint density at radius 3 is 1.68 bits per heavy atom. The summed E-state index contributed by atoms with van der Waals surface area (Å²) >= 11 is 3.66. The second-order valence-corrected chi connectivity index (χ2v) is 13.3. The lowest BCUT2D eigenvalue weighted by molar-refractivity contribution is 0.112. The molecule has 0 aliphatic heterocycles. The van der Waals surface area contributed by atoms with Crippen molar-refractivity contribution in [3.05, 3.63) is 63.8 Å². The molecule has 2 heterocycles. The van der Waals surface area contributed by atoms with Crippen LogP contribution >= 0.6 is 22.7 Å². The van der Waals surface area contributed by atoms with Gasteiger partial charge in [-0.3, -0.25) is 4.79 Å². The molecule has 0 unspecified atom stereocenters. The largest absolute Gasteiger partial charge is 0.495 e. The zero-order valence-electron chi connectivity index (χ0n) is 24.7. The van der Waals surface area contributed by atoms with Crippen LogP contribution in [-0.2, 0) is 12.8 Å². The molecule has 0 saturated carbocycles. The summed E-state index contributed by atoms with van der Waals surface area (Å²) in [6.45, 7) is 4.53. The molecule has 0 fully saturated rings. The molecule has 0 aliphatic carbocycles. The number of unbranched alkanes of at least 4 members (excludes halogenated alkanes) is 10. The highest BCUT2D eigenvalue weighted by molar-refractivity contribution is 7.16. The summed E-state index contributed by atoms with van der Waals surface area (Å²) < 4.78 is 5.79. The maximum Gasteiger partial charge on any atom is 0.151 e. The molecule has 2 nitrogen and oxygen atoms in total. The van der Waals surface area contributed by atoms with Crippen molar-refractivity contribution in [2.45, 2.75) is 104 Å². The molecule has 2 aromatic heterocycles. The monoisotopic (exact) mass is 574 g/mol. The molecule has 0 N–H and O–H groups in total. The predicted octanol–water partition coefficient (Wildman–Crippen LogP) is 11.9. The van der Waals surface area contributed by atoms with Gasteiger partial charge in [0.2, 0.25) is 0 Å². The van der Waals surface area contributed by atoms with Crippen molar-refractivity contribution in [1.29, 1.82) is 0 Å². The molecular formula is C36H46O2S2. The van der Waals surface area contributed by atoms with E-state index in [2.05, 4.69) is 62.4 Å². The molecule has 0 aliphatic rings. The summed E-state index contributed by atoms with van der Waals surface area (Å²) in [5.74, 6) is 0.981. The number of hydrogen-bond acceptors (Lipinski definition) is 4. The highest BCUT2D eigenvalue weighted by Crippen LogP contribution is 2.41. The van der Waals surface area contributed by atoms with Crippen LogP contribution in [0.1, 0.15) is 111 Å². The lowest BCUT2D eigenvalue weighted by Crippen LogP contribution is -1.84. The molecule has 4 heteroatoms. The van der Waals surface area contributed by atoms with E-state index < -0.39 is 0 Å². The number of benzene rings is 2. The third-order valence-electron chi connectivity index (χ3n) is 7.83. The Labute approximate surface area is 249 Å². The van der Waals surface area contributed by atoms with Crippen LogP contribution in [0.5, 0.6) is 5.75 Å². The number of methoxy groups -OCH3 is 1. The number of aryl methyl sites for hydroxylation is 2. The van der Waals surface area contributed by atoms with E-state index in [1.165, 1.54) is 108 Å². The molecule has 0 spiro atoms. The van der Waals surface area contributed by atoms with Crippen molar-refractivity contribution in [2.24, 2.45) is 0 Å². The number of hydrogen-bond donors (Lipinski definition) is 0. The van der Waals surface area contributed by atoms with Crippen LogP contribution in [-0.4, -0.2) is 13.4 Å². The van der Waals surface area contributed by atoms with Gasteiger partial charge in [-0.15, -0.1) is 22.7 Å². The van der Waals surface area contributed by atoms with Gasteiger partial charge in [-0.1, -0.05) is 102 Å². The minimum Gasteiger partial charge on any atom is -0.495 e. The van der Waals surface area contributed by atoms with Crippen LogP contribution in [0.4, 0.5) is 0 Å². The van der Waals surface area contributed by atoms with E-state index in [1.807, 2.05) is 11.3 Å². The standard InChI is InChI=1S/C36H46O2S2/c1-4-6-8-10-12-14-16-32-24-31(26-37)35(39-32)29-20-18-28-23-30(21-19-27(28)22-29)36-34(38-3)25-33(40-36)17-15-13-11-9-7-5-2/h18-26H,4-17H2,1-3H3. The normalized spacial score (nSPS) is 11.4. The first-order valence-electron chi connectivity index (χ1n) is 15.5. The molecule has 0 saturated heterocycles. The van der Waals surface area contributed by atoms with Gasteiger partial charge in [0.1, 0.15) is 5.75 Å². The van der Waals surface area contributed by atoms with Gasteiger partial charge in [-0.25, -0.2) is 0 Å². The first kappa shape index (κ1) is 30.5. The Morgan fingerprint density at radius 2 is 1.12 bits per heavy atom. The molecule has 2 aromatic carbocycles. The van der Waals surface area contributed by atoms with E-state index in [0.717, 1.165) is 40.9 Å². The summed E-state index contributed by atoms with van der Waals surface area (Å²) in [5, 5.41) is 2.41. The molecule has 0 atom stereocenters. The number of carbonyl (C=O) groups excluding carboxylic acids is 1. The summed E-state index contributed by atoms with van der Waals surface area (Å²) in [6, 6.07) is 17.7. The van der Waals surface area contributed by atoms with Crippen molar-refractivity contribution in [1.82, 2.24) is 0 Å². The topological polar surface area (TPSA) is 26.3 Å². The smallest absolute Gasteiger partial charge is 0.151 e. The number of fused-ring (bicyclic) bond motifs is 1. The summed E-state index contributed by atoms with van der Waals surface area (Å²) in [7, 11) is 1.78. The van der Waals surface area contributed by atoms with Gasteiger partial charge in [0.05, 0.1) is 12.0 Å². The zero-order valence-corrected chi connectivity index (χ0v) is 26.4. The van der Waals surface area contributed by atoms with E-state index in [9.17, 15) is 4.79 Å². The first-order valence-corrected chi connectivity index (χ1v) is 17.1. The highest BCUT2D eigenvalue weighted by Gasteiger charge is 2.14. The number of rotatable bonds is 18. The third kappa shape index (κ3) is 8.30. The average molecular weight is 575 g/mol. The van der Waals surface area contributed by atoms with E-state index >= 15 is 0 Å². The number of ether oxygens (including phenoxy) is 1. The minimum atomic E-state index is 0.822. The summed E-state index contributed by atoms with van der Waals surface area (Å²) in [4.78, 5) is 17.0. The van der Waals surface area contributed by atoms with E-state index in [0.29, 0.717) is 0 Å². The quantitative estimate of drug-likeness (QED) is 0.0872. The van der Waals surface area contributed by atoms with Gasteiger partial charge in [0.15, 0.2) is 6.29 Å². The van der Waals surface area contributed by atoms with Crippen LogP contribution in [0, 0.1) is 0 Å². The Bertz CT molecular complexity index is 1350. The maximum absolute atomic E-state index is 11.9. The molecule has 0 amide bonds. The molecule has 0 radical (unpaired) electrons. The maximum atomic E-state index is 11.9. The zero-order chi connectivity index (χ0) is 28.2. The van der Waals surface area contributed by atoms with E-state index in [-0.39, 0.29) is 0 Å². The second kappa shape index (κ2) is 16.1. The molecule has 40 heavy (non-hydrogen) atoms. The van der Waals surface area contributed by atoms with Gasteiger partial charge in [0, 0.05) is 20.2 Å². The second-order valence-electron chi connectivity index (χ2n) is 11.0. The van der Waals surface area contributed by atoms with Crippen molar-refractivity contribution in [2.75, 3.05) is 7.11 Å². The number of carbonyl (C=O) groups is 1. The van der Waals surface area contributed by atoms with Crippen molar-refractivity contribution in [3.63, 3.8) is 0 Å². The average Bonchev–Trinajstić information content (AvgIpc) is 3.60. The van der Waals surface area contributed by atoms with Gasteiger partial charge in [-0.2, -0.15) is 0 Å². The van der Waals surface area contributed by atoms with E-state index in [4.69, 9.17) is 4.74 Å². The van der Waals surface area contributed by atoms with Crippen LogP contribution in [0.3, 0.4) is 0 Å². The Kier molecular flexibility index (Phi) is 12.3. The summed E-state index contributed by atoms with van der Waals surface area (Å²) in [5.41, 5.74) is 3.17. The fraction of sp³-hybridized carbons (Fsp3) is 0.472. The van der Waals surface area contributed by atoms with Crippen LogP contribution in [0.2, 0.25) is 0 Å². The minimum absolute atomic E-state index is 0.822. The lowest BCUT2D eigenvalue weighted by Gasteiger charge is -2.07. The molecule has 214 valence electrons. The third-order valence-corrected chi connectivity index (χ3v) is 10.3. The molecule has 0 bridgehead atoms. The highest BCUT2D eigenvalue weighted by atomic mass is 32.1. The van der Waals surface area contributed by atoms with Gasteiger partial charge in [-0.05, 0) is 71.8 Å². The SMILES string of the molecule is CCCCCCCCc1cc(C=O)c(-c2ccc3cc(-c4sc(CCCCCCCC)cc4OC)ccc3c2)s1. The van der Waals surface area contributed by atoms with Crippen molar-refractivity contribution in [3.8, 4) is 26.6 Å². The Balaban J connectivity index is 1.45. The molecular weight excluding hydrogens is 529 g/mol. The Hall–Kier alpha value is -2.43. The fourth-order valence-corrected chi connectivity index (χ4v) is 7.81. The van der Waals surface area contributed by atoms with Crippen molar-refractivity contribution < 1.29 is 9.53 Å². The van der Waals surface area contributed by atoms with Crippen molar-refractivity contribution >= 4 is 39.7 Å². The number of thiophene rings is 2. The Morgan fingerprint density at radius 1 is 0.625 bits per heavy atom. The van der Waals surface area contributed by atoms with E-state index in [1.54, 1.807) is 18.4 Å². The molecule has 4 aromatic rings. The van der Waals surface area contributed by atoms with Gasteiger partial charge >= 0.3 is 0 Å². The van der Waals surface area contributed by atoms with Gasteiger partial charge < -0.3 is 4.74 Å². The van der Waals surface area contributed by atoms with Gasteiger partial charge in [0.25, 0.3) is 0 Å². The van der Waals surface area contributed by atoms with Crippen LogP contribution in [0.25, 0.3) is 31.7 Å². The molecule has 4 rings (SSSR count). The fourth-order valence-electron chi connectivity index (χ4n) is 5.48. The van der Waals surface area contributed by atoms with Crippen LogP contribution < -0.4 is 4.74 Å². The number of aldehydes is 1. The summed E-state index contributed by atoms with van der Waals surface area (Å²) in [6.07, 6.45) is 18.9. The lowest BCUT2D eigenvalue weighted by atomic mass is 10.0. The van der Waals surface area contributed by atoms with Crippen LogP contribution in [0.15, 0.2) is 48.5 Å².